The van der Waals surface area contributed by atoms with Gasteiger partial charge in [0.1, 0.15) is 5.82 Å². The number of carboxylic acids is 1. The maximum absolute atomic E-state index is 13.1. The summed E-state index contributed by atoms with van der Waals surface area (Å²) in [5.74, 6) is -3.13. The Balaban J connectivity index is 2.22. The van der Waals surface area contributed by atoms with E-state index in [-0.39, 0.29) is 30.6 Å². The van der Waals surface area contributed by atoms with Gasteiger partial charge in [0.15, 0.2) is 0 Å². The van der Waals surface area contributed by atoms with Gasteiger partial charge in [0.05, 0.1) is 17.9 Å². The summed E-state index contributed by atoms with van der Waals surface area (Å²) in [6.45, 7) is 1.59. The molecule has 2 amide bonds. The normalized spacial score (nSPS) is 21.7. The van der Waals surface area contributed by atoms with Crippen LogP contribution in [0.25, 0.3) is 0 Å². The van der Waals surface area contributed by atoms with Gasteiger partial charge in [-0.2, -0.15) is 0 Å². The zero-order chi connectivity index (χ0) is 18.0. The molecular formula is C17H21FN2O4. The topological polar surface area (TPSA) is 77.9 Å². The van der Waals surface area contributed by atoms with Gasteiger partial charge in [-0.1, -0.05) is 19.1 Å². The molecule has 0 aliphatic carbocycles. The van der Waals surface area contributed by atoms with Crippen LogP contribution in [0, 0.1) is 17.7 Å². The fourth-order valence-electron chi connectivity index (χ4n) is 3.07. The Kier molecular flexibility index (Phi) is 5.21. The van der Waals surface area contributed by atoms with E-state index >= 15 is 0 Å². The number of rotatable bonds is 5. The van der Waals surface area contributed by atoms with Gasteiger partial charge in [0.2, 0.25) is 11.8 Å². The maximum atomic E-state index is 13.1. The molecule has 0 saturated carbocycles. The second kappa shape index (κ2) is 6.98. The molecule has 1 fully saturated rings. The molecule has 1 aromatic rings. The summed E-state index contributed by atoms with van der Waals surface area (Å²) in [7, 11) is 3.15. The van der Waals surface area contributed by atoms with E-state index in [1.807, 2.05) is 0 Å². The molecule has 3 atom stereocenters. The molecule has 1 saturated heterocycles. The number of nitrogens with zero attached hydrogens (tertiary/aromatic N) is 2. The molecule has 0 bridgehead atoms. The molecule has 0 spiro atoms. The predicted octanol–water partition coefficient (Wildman–Crippen LogP) is 1.52. The fraction of sp³-hybridized carbons (Fsp3) is 0.471. The number of carbonyl (C=O) groups is 3. The van der Waals surface area contributed by atoms with Crippen LogP contribution in [-0.4, -0.2) is 53.3 Å². The average molecular weight is 336 g/mol. The minimum absolute atomic E-state index is 0.0587. The lowest BCUT2D eigenvalue weighted by atomic mass is 9.92. The Bertz CT molecular complexity index is 646. The summed E-state index contributed by atoms with van der Waals surface area (Å²) in [5.41, 5.74) is 0.683. The summed E-state index contributed by atoms with van der Waals surface area (Å²) in [6.07, 6.45) is 0.0587. The van der Waals surface area contributed by atoms with Crippen molar-refractivity contribution in [3.05, 3.63) is 35.6 Å². The van der Waals surface area contributed by atoms with Crippen LogP contribution in [0.3, 0.4) is 0 Å². The van der Waals surface area contributed by atoms with Crippen LogP contribution in [0.4, 0.5) is 4.39 Å². The predicted molar refractivity (Wildman–Crippen MR) is 84.5 cm³/mol. The van der Waals surface area contributed by atoms with Gasteiger partial charge in [-0.3, -0.25) is 14.4 Å². The lowest BCUT2D eigenvalue weighted by Crippen LogP contribution is -2.39. The molecule has 1 N–H and O–H groups in total. The molecule has 130 valence electrons. The van der Waals surface area contributed by atoms with Crippen molar-refractivity contribution in [2.75, 3.05) is 20.6 Å². The molecule has 2 rings (SSSR count). The monoisotopic (exact) mass is 336 g/mol. The standard InChI is InChI=1S/C17H21FN2O4/c1-10(17(23)24)9-19(2)16(22)13-8-14(21)20(3)15(13)11-4-6-12(18)7-5-11/h4-7,10,13,15H,8-9H2,1-3H3,(H,23,24). The van der Waals surface area contributed by atoms with Crippen molar-refractivity contribution >= 4 is 17.8 Å². The second-order valence-corrected chi connectivity index (χ2v) is 6.27. The number of aliphatic carboxylic acids is 1. The van der Waals surface area contributed by atoms with E-state index in [4.69, 9.17) is 5.11 Å². The van der Waals surface area contributed by atoms with Gasteiger partial charge >= 0.3 is 5.97 Å². The quantitative estimate of drug-likeness (QED) is 0.884. The first-order chi connectivity index (χ1) is 11.2. The summed E-state index contributed by atoms with van der Waals surface area (Å²) in [5, 5.41) is 8.98. The lowest BCUT2D eigenvalue weighted by molar-refractivity contribution is -0.143. The van der Waals surface area contributed by atoms with Crippen LogP contribution in [0.5, 0.6) is 0 Å². The van der Waals surface area contributed by atoms with Gasteiger partial charge in [0, 0.05) is 27.1 Å². The maximum Gasteiger partial charge on any atom is 0.308 e. The number of likely N-dealkylation sites (tertiary alicyclic amines) is 1. The van der Waals surface area contributed by atoms with E-state index in [2.05, 4.69) is 0 Å². The summed E-state index contributed by atoms with van der Waals surface area (Å²) in [4.78, 5) is 38.6. The summed E-state index contributed by atoms with van der Waals surface area (Å²) >= 11 is 0. The molecule has 1 aliphatic rings. The van der Waals surface area contributed by atoms with Crippen molar-refractivity contribution in [3.8, 4) is 0 Å². The lowest BCUT2D eigenvalue weighted by Gasteiger charge is -2.28. The Morgan fingerprint density at radius 2 is 1.96 bits per heavy atom. The van der Waals surface area contributed by atoms with E-state index in [0.29, 0.717) is 5.56 Å². The highest BCUT2D eigenvalue weighted by molar-refractivity contribution is 5.90. The van der Waals surface area contributed by atoms with Crippen molar-refractivity contribution in [1.29, 1.82) is 0 Å². The van der Waals surface area contributed by atoms with E-state index < -0.39 is 23.8 Å². The Hall–Kier alpha value is -2.44. The third kappa shape index (κ3) is 3.55. The van der Waals surface area contributed by atoms with Gasteiger partial charge in [-0.05, 0) is 17.7 Å². The zero-order valence-electron chi connectivity index (χ0n) is 13.9. The molecule has 1 heterocycles. The van der Waals surface area contributed by atoms with Gasteiger partial charge < -0.3 is 14.9 Å². The number of hydrogen-bond donors (Lipinski definition) is 1. The molecule has 7 heteroatoms. The number of amides is 2. The van der Waals surface area contributed by atoms with Crippen molar-refractivity contribution in [1.82, 2.24) is 9.80 Å². The number of carbonyl (C=O) groups excluding carboxylic acids is 2. The van der Waals surface area contributed by atoms with Crippen molar-refractivity contribution in [2.24, 2.45) is 11.8 Å². The highest BCUT2D eigenvalue weighted by Crippen LogP contribution is 2.38. The average Bonchev–Trinajstić information content (AvgIpc) is 2.83. The number of halogens is 1. The fourth-order valence-corrected chi connectivity index (χ4v) is 3.07. The van der Waals surface area contributed by atoms with E-state index in [1.54, 1.807) is 19.2 Å². The van der Waals surface area contributed by atoms with Crippen molar-refractivity contribution in [2.45, 2.75) is 19.4 Å². The molecule has 0 aromatic heterocycles. The Morgan fingerprint density at radius 1 is 1.38 bits per heavy atom. The number of carboxylic acid groups (broad SMARTS) is 1. The molecule has 3 unspecified atom stereocenters. The summed E-state index contributed by atoms with van der Waals surface area (Å²) < 4.78 is 13.1. The Labute approximate surface area is 139 Å². The molecule has 24 heavy (non-hydrogen) atoms. The smallest absolute Gasteiger partial charge is 0.308 e. The SMILES string of the molecule is CC(CN(C)C(=O)C1CC(=O)N(C)C1c1ccc(F)cc1)C(=O)O. The highest BCUT2D eigenvalue weighted by atomic mass is 19.1. The number of hydrogen-bond acceptors (Lipinski definition) is 3. The van der Waals surface area contributed by atoms with Crippen LogP contribution in [0.1, 0.15) is 24.9 Å². The minimum atomic E-state index is -0.982. The van der Waals surface area contributed by atoms with Crippen LogP contribution in [-0.2, 0) is 14.4 Å². The van der Waals surface area contributed by atoms with Crippen LogP contribution >= 0.6 is 0 Å². The molecular weight excluding hydrogens is 315 g/mol. The molecule has 0 radical (unpaired) electrons. The van der Waals surface area contributed by atoms with Gasteiger partial charge in [-0.15, -0.1) is 0 Å². The largest absolute Gasteiger partial charge is 0.481 e. The van der Waals surface area contributed by atoms with Crippen LogP contribution in [0.2, 0.25) is 0 Å². The molecule has 1 aromatic carbocycles. The zero-order valence-corrected chi connectivity index (χ0v) is 13.9. The van der Waals surface area contributed by atoms with Gasteiger partial charge in [-0.25, -0.2) is 4.39 Å². The first-order valence-corrected chi connectivity index (χ1v) is 7.71. The minimum Gasteiger partial charge on any atom is -0.481 e. The summed E-state index contributed by atoms with van der Waals surface area (Å²) in [6, 6.07) is 5.24. The number of benzene rings is 1. The molecule has 6 nitrogen and oxygen atoms in total. The van der Waals surface area contributed by atoms with E-state index in [0.717, 1.165) is 0 Å². The van der Waals surface area contributed by atoms with E-state index in [9.17, 15) is 18.8 Å². The van der Waals surface area contributed by atoms with E-state index in [1.165, 1.54) is 35.9 Å². The van der Waals surface area contributed by atoms with Crippen LogP contribution < -0.4 is 0 Å². The van der Waals surface area contributed by atoms with Crippen LogP contribution in [0.15, 0.2) is 24.3 Å². The third-order valence-electron chi connectivity index (χ3n) is 4.46. The second-order valence-electron chi connectivity index (χ2n) is 6.27. The van der Waals surface area contributed by atoms with Gasteiger partial charge in [0.25, 0.3) is 0 Å². The Morgan fingerprint density at radius 3 is 2.50 bits per heavy atom. The van der Waals surface area contributed by atoms with Crippen molar-refractivity contribution in [3.63, 3.8) is 0 Å². The highest BCUT2D eigenvalue weighted by Gasteiger charge is 2.43. The van der Waals surface area contributed by atoms with Crippen molar-refractivity contribution < 1.29 is 23.9 Å². The third-order valence-corrected chi connectivity index (χ3v) is 4.46. The molecule has 1 aliphatic heterocycles. The first kappa shape index (κ1) is 17.9. The first-order valence-electron chi connectivity index (χ1n) is 7.71.